The molecule has 4 rings (SSSR count). The highest BCUT2D eigenvalue weighted by Crippen LogP contribution is 2.42. The van der Waals surface area contributed by atoms with E-state index in [1.165, 1.54) is 23.0 Å². The van der Waals surface area contributed by atoms with E-state index in [0.717, 1.165) is 29.6 Å². The molecule has 0 spiro atoms. The number of hydrogen-bond acceptors (Lipinski definition) is 6. The highest BCUT2D eigenvalue weighted by molar-refractivity contribution is 7.18. The van der Waals surface area contributed by atoms with Crippen LogP contribution in [0.1, 0.15) is 34.8 Å². The Bertz CT molecular complexity index is 1170. The number of aryl methyl sites for hydroxylation is 1. The van der Waals surface area contributed by atoms with Gasteiger partial charge in [-0.05, 0) is 36.5 Å². The van der Waals surface area contributed by atoms with Gasteiger partial charge in [-0.15, -0.1) is 11.3 Å². The van der Waals surface area contributed by atoms with Gasteiger partial charge >= 0.3 is 5.69 Å². The number of fused-ring (bicyclic) bond motifs is 3. The molecular formula is C20H20N2O5S. The van der Waals surface area contributed by atoms with Gasteiger partial charge in [0.25, 0.3) is 5.56 Å². The summed E-state index contributed by atoms with van der Waals surface area (Å²) in [6.07, 6.45) is 2.99. The Morgan fingerprint density at radius 1 is 1.29 bits per heavy atom. The van der Waals surface area contributed by atoms with Gasteiger partial charge in [0.1, 0.15) is 22.6 Å². The second-order valence-corrected chi connectivity index (χ2v) is 7.89. The molecule has 1 atom stereocenters. The first-order valence-electron chi connectivity index (χ1n) is 9.00. The SMILES string of the molecule is COc1ccc(Cn2c(=O)[nH]c3sc4c(c3c2=O)C(CC=O)CC4)c(OC)c1. The van der Waals surface area contributed by atoms with Crippen LogP contribution in [0, 0.1) is 0 Å². The summed E-state index contributed by atoms with van der Waals surface area (Å²) in [6, 6.07) is 5.26. The van der Waals surface area contributed by atoms with Gasteiger partial charge in [-0.2, -0.15) is 0 Å². The lowest BCUT2D eigenvalue weighted by atomic mass is 9.98. The first-order chi connectivity index (χ1) is 13.6. The van der Waals surface area contributed by atoms with Crippen molar-refractivity contribution in [3.63, 3.8) is 0 Å². The van der Waals surface area contributed by atoms with Crippen LogP contribution in [0.3, 0.4) is 0 Å². The zero-order valence-electron chi connectivity index (χ0n) is 15.6. The van der Waals surface area contributed by atoms with Crippen LogP contribution in [0.5, 0.6) is 11.5 Å². The second-order valence-electron chi connectivity index (χ2n) is 6.78. The third kappa shape index (κ3) is 2.93. The van der Waals surface area contributed by atoms with E-state index in [1.807, 2.05) is 0 Å². The lowest BCUT2D eigenvalue weighted by Crippen LogP contribution is -2.35. The third-order valence-electron chi connectivity index (χ3n) is 5.28. The van der Waals surface area contributed by atoms with Crippen LogP contribution in [-0.2, 0) is 17.8 Å². The van der Waals surface area contributed by atoms with Crippen molar-refractivity contribution in [2.75, 3.05) is 14.2 Å². The predicted molar refractivity (Wildman–Crippen MR) is 107 cm³/mol. The van der Waals surface area contributed by atoms with Crippen molar-refractivity contribution in [2.45, 2.75) is 31.7 Å². The average molecular weight is 400 g/mol. The summed E-state index contributed by atoms with van der Waals surface area (Å²) in [4.78, 5) is 41.4. The molecule has 1 unspecified atom stereocenters. The number of methoxy groups -OCH3 is 2. The summed E-state index contributed by atoms with van der Waals surface area (Å²) >= 11 is 1.45. The van der Waals surface area contributed by atoms with Gasteiger partial charge in [-0.1, -0.05) is 0 Å². The Morgan fingerprint density at radius 3 is 2.82 bits per heavy atom. The van der Waals surface area contributed by atoms with Crippen molar-refractivity contribution in [1.29, 1.82) is 0 Å². The van der Waals surface area contributed by atoms with E-state index in [2.05, 4.69) is 4.98 Å². The van der Waals surface area contributed by atoms with Crippen molar-refractivity contribution in [3.8, 4) is 11.5 Å². The molecule has 0 radical (unpaired) electrons. The summed E-state index contributed by atoms with van der Waals surface area (Å²) in [5, 5.41) is 0.538. The van der Waals surface area contributed by atoms with Gasteiger partial charge in [-0.3, -0.25) is 14.3 Å². The molecule has 146 valence electrons. The largest absolute Gasteiger partial charge is 0.497 e. The maximum atomic E-state index is 13.2. The van der Waals surface area contributed by atoms with E-state index in [4.69, 9.17) is 9.47 Å². The molecule has 7 nitrogen and oxygen atoms in total. The zero-order valence-corrected chi connectivity index (χ0v) is 16.4. The number of thiophene rings is 1. The number of nitrogens with zero attached hydrogens (tertiary/aromatic N) is 1. The molecule has 0 bridgehead atoms. The molecule has 1 aliphatic rings. The Balaban J connectivity index is 1.85. The van der Waals surface area contributed by atoms with Crippen LogP contribution >= 0.6 is 11.3 Å². The molecule has 0 amide bonds. The molecule has 1 aliphatic carbocycles. The Kier molecular flexibility index (Phi) is 4.80. The summed E-state index contributed by atoms with van der Waals surface area (Å²) in [7, 11) is 3.09. The third-order valence-corrected chi connectivity index (χ3v) is 6.46. The number of ether oxygens (including phenoxy) is 2. The van der Waals surface area contributed by atoms with Crippen LogP contribution in [0.25, 0.3) is 10.2 Å². The fourth-order valence-corrected chi connectivity index (χ4v) is 5.18. The standard InChI is InChI=1S/C20H20N2O5S/c1-26-13-5-3-12(14(9-13)27-2)10-22-19(24)17-16-11(7-8-23)4-6-15(16)28-18(17)21-20(22)25/h3,5,8-9,11H,4,6-7,10H2,1-2H3,(H,21,25). The Morgan fingerprint density at radius 2 is 2.11 bits per heavy atom. The normalized spacial score (nSPS) is 15.6. The van der Waals surface area contributed by atoms with Gasteiger partial charge in [0.15, 0.2) is 0 Å². The smallest absolute Gasteiger partial charge is 0.329 e. The van der Waals surface area contributed by atoms with Crippen LogP contribution in [-0.4, -0.2) is 30.1 Å². The molecule has 0 saturated carbocycles. The number of carbonyl (C=O) groups excluding carboxylic acids is 1. The Hall–Kier alpha value is -2.87. The maximum Gasteiger partial charge on any atom is 0.329 e. The molecule has 1 aromatic carbocycles. The minimum Gasteiger partial charge on any atom is -0.497 e. The lowest BCUT2D eigenvalue weighted by molar-refractivity contribution is -0.108. The monoisotopic (exact) mass is 400 g/mol. The molecular weight excluding hydrogens is 380 g/mol. The number of rotatable bonds is 6. The second kappa shape index (κ2) is 7.27. The average Bonchev–Trinajstić information content (AvgIpc) is 3.24. The minimum atomic E-state index is -0.456. The van der Waals surface area contributed by atoms with Gasteiger partial charge in [-0.25, -0.2) is 4.79 Å². The van der Waals surface area contributed by atoms with Gasteiger partial charge < -0.3 is 14.3 Å². The van der Waals surface area contributed by atoms with Crippen molar-refractivity contribution in [3.05, 3.63) is 55.0 Å². The van der Waals surface area contributed by atoms with Gasteiger partial charge in [0.05, 0.1) is 26.2 Å². The van der Waals surface area contributed by atoms with Crippen LogP contribution in [0.2, 0.25) is 0 Å². The van der Waals surface area contributed by atoms with E-state index in [1.54, 1.807) is 25.3 Å². The molecule has 8 heteroatoms. The highest BCUT2D eigenvalue weighted by atomic mass is 32.1. The number of hydrogen-bond donors (Lipinski definition) is 1. The number of benzene rings is 1. The van der Waals surface area contributed by atoms with Crippen LogP contribution in [0.4, 0.5) is 0 Å². The van der Waals surface area contributed by atoms with Crippen molar-refractivity contribution >= 4 is 27.8 Å². The Labute approximate surface area is 164 Å². The van der Waals surface area contributed by atoms with Gasteiger partial charge in [0.2, 0.25) is 0 Å². The summed E-state index contributed by atoms with van der Waals surface area (Å²) in [6.45, 7) is 0.0836. The van der Waals surface area contributed by atoms with Crippen LogP contribution < -0.4 is 20.7 Å². The molecule has 0 aliphatic heterocycles. The van der Waals surface area contributed by atoms with Crippen molar-refractivity contribution < 1.29 is 14.3 Å². The van der Waals surface area contributed by atoms with E-state index in [0.29, 0.717) is 33.7 Å². The first-order valence-corrected chi connectivity index (χ1v) is 9.82. The molecule has 28 heavy (non-hydrogen) atoms. The van der Waals surface area contributed by atoms with Crippen molar-refractivity contribution in [2.24, 2.45) is 0 Å². The summed E-state index contributed by atoms with van der Waals surface area (Å²) < 4.78 is 11.8. The number of nitrogens with one attached hydrogen (secondary N) is 1. The fourth-order valence-electron chi connectivity index (χ4n) is 3.90. The fraction of sp³-hybridized carbons (Fsp3) is 0.350. The molecule has 0 fully saturated rings. The van der Waals surface area contributed by atoms with E-state index in [9.17, 15) is 14.4 Å². The first kappa shape index (κ1) is 18.5. The number of carbonyl (C=O) groups is 1. The highest BCUT2D eigenvalue weighted by Gasteiger charge is 2.29. The molecule has 2 aromatic heterocycles. The molecule has 0 saturated heterocycles. The topological polar surface area (TPSA) is 90.4 Å². The zero-order chi connectivity index (χ0) is 19.8. The molecule has 1 N–H and O–H groups in total. The minimum absolute atomic E-state index is 0.0452. The van der Waals surface area contributed by atoms with E-state index >= 15 is 0 Å². The molecule has 2 heterocycles. The summed E-state index contributed by atoms with van der Waals surface area (Å²) in [5.74, 6) is 1.22. The number of aromatic amines is 1. The predicted octanol–water partition coefficient (Wildman–Crippen LogP) is 2.44. The number of aromatic nitrogens is 2. The van der Waals surface area contributed by atoms with Gasteiger partial charge in [0, 0.05) is 22.9 Å². The lowest BCUT2D eigenvalue weighted by Gasteiger charge is -2.12. The number of H-pyrrole nitrogens is 1. The number of aldehydes is 1. The maximum absolute atomic E-state index is 13.2. The molecule has 3 aromatic rings. The summed E-state index contributed by atoms with van der Waals surface area (Å²) in [5.41, 5.74) is 0.851. The van der Waals surface area contributed by atoms with E-state index < -0.39 is 5.69 Å². The quantitative estimate of drug-likeness (QED) is 0.642. The van der Waals surface area contributed by atoms with Crippen molar-refractivity contribution in [1.82, 2.24) is 9.55 Å². The van der Waals surface area contributed by atoms with E-state index in [-0.39, 0.29) is 18.0 Å². The van der Waals surface area contributed by atoms with Crippen LogP contribution in [0.15, 0.2) is 27.8 Å².